The lowest BCUT2D eigenvalue weighted by molar-refractivity contribution is 0.174. The van der Waals surface area contributed by atoms with Crippen LogP contribution in [-0.4, -0.2) is 60.9 Å². The van der Waals surface area contributed by atoms with Gasteiger partial charge in [-0.3, -0.25) is 4.90 Å². The van der Waals surface area contributed by atoms with E-state index in [1.807, 2.05) is 18.3 Å². The van der Waals surface area contributed by atoms with Crippen molar-refractivity contribution in [3.8, 4) is 11.5 Å². The van der Waals surface area contributed by atoms with E-state index >= 15 is 0 Å². The molecule has 1 saturated heterocycles. The molecule has 0 amide bonds. The Morgan fingerprint density at radius 1 is 1.00 bits per heavy atom. The van der Waals surface area contributed by atoms with Crippen LogP contribution < -0.4 is 19.3 Å². The summed E-state index contributed by atoms with van der Waals surface area (Å²) in [5.74, 6) is 3.54. The molecule has 0 N–H and O–H groups in total. The minimum atomic E-state index is 0.323. The number of benzene rings is 1. The van der Waals surface area contributed by atoms with Crippen molar-refractivity contribution in [3.05, 3.63) is 36.0 Å². The SMILES string of the molecule is CCN(CC)c1ccnc(N2CCN(Cc3ccc4c(c3)OCO4)CC2)n1. The van der Waals surface area contributed by atoms with E-state index in [9.17, 15) is 0 Å². The Labute approximate surface area is 160 Å². The van der Waals surface area contributed by atoms with Crippen LogP contribution in [0.3, 0.4) is 0 Å². The highest BCUT2D eigenvalue weighted by Crippen LogP contribution is 2.32. The van der Waals surface area contributed by atoms with Crippen molar-refractivity contribution in [2.75, 3.05) is 55.9 Å². The fraction of sp³-hybridized carbons (Fsp3) is 0.500. The molecule has 0 aliphatic carbocycles. The Bertz CT molecular complexity index is 773. The molecule has 0 spiro atoms. The average Bonchev–Trinajstić information content (AvgIpc) is 3.18. The first-order valence-corrected chi connectivity index (χ1v) is 9.70. The number of piperazine rings is 1. The van der Waals surface area contributed by atoms with Crippen LogP contribution in [0.2, 0.25) is 0 Å². The van der Waals surface area contributed by atoms with Gasteiger partial charge < -0.3 is 19.3 Å². The van der Waals surface area contributed by atoms with Gasteiger partial charge in [0, 0.05) is 52.0 Å². The Morgan fingerprint density at radius 2 is 1.78 bits per heavy atom. The van der Waals surface area contributed by atoms with Crippen LogP contribution in [0.15, 0.2) is 30.5 Å². The fourth-order valence-corrected chi connectivity index (χ4v) is 3.62. The summed E-state index contributed by atoms with van der Waals surface area (Å²) in [7, 11) is 0. The fourth-order valence-electron chi connectivity index (χ4n) is 3.62. The van der Waals surface area contributed by atoms with Crippen molar-refractivity contribution in [3.63, 3.8) is 0 Å². The third kappa shape index (κ3) is 3.93. The molecule has 0 bridgehead atoms. The number of nitrogens with zero attached hydrogens (tertiary/aromatic N) is 5. The van der Waals surface area contributed by atoms with E-state index in [0.29, 0.717) is 6.79 Å². The van der Waals surface area contributed by atoms with Crippen molar-refractivity contribution in [1.82, 2.24) is 14.9 Å². The lowest BCUT2D eigenvalue weighted by Crippen LogP contribution is -2.46. The van der Waals surface area contributed by atoms with Gasteiger partial charge in [-0.25, -0.2) is 4.98 Å². The summed E-state index contributed by atoms with van der Waals surface area (Å²) in [6.45, 7) is 11.3. The van der Waals surface area contributed by atoms with Crippen LogP contribution in [-0.2, 0) is 6.54 Å². The second-order valence-electron chi connectivity index (χ2n) is 6.84. The summed E-state index contributed by atoms with van der Waals surface area (Å²) in [5.41, 5.74) is 1.26. The van der Waals surface area contributed by atoms with Gasteiger partial charge in [0.05, 0.1) is 0 Å². The first kappa shape index (κ1) is 17.9. The second-order valence-corrected chi connectivity index (χ2v) is 6.84. The maximum atomic E-state index is 5.48. The van der Waals surface area contributed by atoms with Crippen LogP contribution in [0, 0.1) is 0 Å². The molecule has 144 valence electrons. The largest absolute Gasteiger partial charge is 0.454 e. The van der Waals surface area contributed by atoms with E-state index in [0.717, 1.165) is 69.1 Å². The van der Waals surface area contributed by atoms with E-state index in [4.69, 9.17) is 14.5 Å². The number of ether oxygens (including phenoxy) is 2. The molecule has 1 fully saturated rings. The minimum absolute atomic E-state index is 0.323. The zero-order chi connectivity index (χ0) is 18.6. The third-order valence-corrected chi connectivity index (χ3v) is 5.21. The summed E-state index contributed by atoms with van der Waals surface area (Å²) in [6, 6.07) is 8.20. The monoisotopic (exact) mass is 369 g/mol. The first-order valence-electron chi connectivity index (χ1n) is 9.70. The summed E-state index contributed by atoms with van der Waals surface area (Å²) < 4.78 is 10.9. The van der Waals surface area contributed by atoms with Crippen molar-refractivity contribution >= 4 is 11.8 Å². The zero-order valence-corrected chi connectivity index (χ0v) is 16.1. The maximum absolute atomic E-state index is 5.48. The van der Waals surface area contributed by atoms with Crippen LogP contribution in [0.1, 0.15) is 19.4 Å². The van der Waals surface area contributed by atoms with Gasteiger partial charge in [-0.2, -0.15) is 4.98 Å². The molecular formula is C20H27N5O2. The number of anilines is 2. The highest BCUT2D eigenvalue weighted by molar-refractivity contribution is 5.45. The van der Waals surface area contributed by atoms with Crippen LogP contribution in [0.5, 0.6) is 11.5 Å². The third-order valence-electron chi connectivity index (χ3n) is 5.21. The standard InChI is InChI=1S/C20H27N5O2/c1-3-24(4-2)19-7-8-21-20(22-19)25-11-9-23(10-12-25)14-16-5-6-17-18(13-16)27-15-26-17/h5-8,13H,3-4,9-12,14-15H2,1-2H3. The molecule has 1 aromatic heterocycles. The average molecular weight is 369 g/mol. The molecule has 0 unspecified atom stereocenters. The van der Waals surface area contributed by atoms with Crippen LogP contribution in [0.4, 0.5) is 11.8 Å². The van der Waals surface area contributed by atoms with E-state index < -0.39 is 0 Å². The first-order chi connectivity index (χ1) is 13.3. The summed E-state index contributed by atoms with van der Waals surface area (Å²) in [5, 5.41) is 0. The van der Waals surface area contributed by atoms with E-state index in [2.05, 4.69) is 45.7 Å². The molecule has 0 atom stereocenters. The number of fused-ring (bicyclic) bond motifs is 1. The van der Waals surface area contributed by atoms with Crippen molar-refractivity contribution in [1.29, 1.82) is 0 Å². The molecule has 1 aromatic carbocycles. The number of hydrogen-bond acceptors (Lipinski definition) is 7. The molecule has 0 radical (unpaired) electrons. The van der Waals surface area contributed by atoms with Crippen LogP contribution in [0.25, 0.3) is 0 Å². The smallest absolute Gasteiger partial charge is 0.231 e. The molecular weight excluding hydrogens is 342 g/mol. The Morgan fingerprint density at radius 3 is 2.56 bits per heavy atom. The topological polar surface area (TPSA) is 54.0 Å². The summed E-state index contributed by atoms with van der Waals surface area (Å²) in [6.07, 6.45) is 1.87. The molecule has 7 nitrogen and oxygen atoms in total. The Kier molecular flexibility index (Phi) is 5.29. The van der Waals surface area contributed by atoms with Gasteiger partial charge in [0.1, 0.15) is 5.82 Å². The number of rotatable bonds is 6. The summed E-state index contributed by atoms with van der Waals surface area (Å²) in [4.78, 5) is 16.3. The highest BCUT2D eigenvalue weighted by Gasteiger charge is 2.21. The molecule has 2 aliphatic rings. The quantitative estimate of drug-likeness (QED) is 0.775. The second kappa shape index (κ2) is 8.00. The molecule has 3 heterocycles. The highest BCUT2D eigenvalue weighted by atomic mass is 16.7. The minimum Gasteiger partial charge on any atom is -0.454 e. The van der Waals surface area contributed by atoms with Crippen molar-refractivity contribution in [2.24, 2.45) is 0 Å². The Hall–Kier alpha value is -2.54. The maximum Gasteiger partial charge on any atom is 0.231 e. The molecule has 2 aromatic rings. The molecule has 4 rings (SSSR count). The van der Waals surface area contributed by atoms with Gasteiger partial charge in [-0.15, -0.1) is 0 Å². The van der Waals surface area contributed by atoms with Gasteiger partial charge in [0.25, 0.3) is 0 Å². The van der Waals surface area contributed by atoms with Crippen molar-refractivity contribution < 1.29 is 9.47 Å². The van der Waals surface area contributed by atoms with E-state index in [1.54, 1.807) is 0 Å². The van der Waals surface area contributed by atoms with E-state index in [-0.39, 0.29) is 0 Å². The van der Waals surface area contributed by atoms with Crippen LogP contribution >= 0.6 is 0 Å². The molecule has 0 saturated carbocycles. The number of aromatic nitrogens is 2. The zero-order valence-electron chi connectivity index (χ0n) is 16.1. The van der Waals surface area contributed by atoms with Gasteiger partial charge in [-0.05, 0) is 37.6 Å². The summed E-state index contributed by atoms with van der Waals surface area (Å²) >= 11 is 0. The lowest BCUT2D eigenvalue weighted by atomic mass is 10.1. The van der Waals surface area contributed by atoms with E-state index in [1.165, 1.54) is 5.56 Å². The van der Waals surface area contributed by atoms with Crippen molar-refractivity contribution in [2.45, 2.75) is 20.4 Å². The number of hydrogen-bond donors (Lipinski definition) is 0. The lowest BCUT2D eigenvalue weighted by Gasteiger charge is -2.35. The van der Waals surface area contributed by atoms with Gasteiger partial charge in [-0.1, -0.05) is 6.07 Å². The van der Waals surface area contributed by atoms with Gasteiger partial charge >= 0.3 is 0 Å². The van der Waals surface area contributed by atoms with Gasteiger partial charge in [0.2, 0.25) is 12.7 Å². The molecule has 27 heavy (non-hydrogen) atoms. The Balaban J connectivity index is 1.36. The predicted molar refractivity (Wildman–Crippen MR) is 106 cm³/mol. The predicted octanol–water partition coefficient (Wildman–Crippen LogP) is 2.37. The molecule has 2 aliphatic heterocycles. The normalized spacial score (nSPS) is 16.6. The van der Waals surface area contributed by atoms with Gasteiger partial charge in [0.15, 0.2) is 11.5 Å². The molecule has 7 heteroatoms.